The number of oxazole rings is 1. The van der Waals surface area contributed by atoms with Gasteiger partial charge in [0, 0.05) is 6.20 Å². The lowest BCUT2D eigenvalue weighted by molar-refractivity contribution is 0.618. The summed E-state index contributed by atoms with van der Waals surface area (Å²) in [6.45, 7) is 0. The van der Waals surface area contributed by atoms with E-state index in [-0.39, 0.29) is 5.56 Å². The van der Waals surface area contributed by atoms with Gasteiger partial charge in [0.1, 0.15) is 11.1 Å². The normalized spacial score (nSPS) is 10.8. The third-order valence-electron chi connectivity index (χ3n) is 2.34. The minimum absolute atomic E-state index is 0.200. The molecule has 3 rings (SSSR count). The quantitative estimate of drug-likeness (QED) is 0.672. The van der Waals surface area contributed by atoms with Gasteiger partial charge in [-0.05, 0) is 24.3 Å². The number of fused-ring (bicyclic) bond motifs is 1. The van der Waals surface area contributed by atoms with Crippen LogP contribution in [0.25, 0.3) is 22.6 Å². The average Bonchev–Trinajstić information content (AvgIpc) is 2.73. The topological polar surface area (TPSA) is 58.9 Å². The van der Waals surface area contributed by atoms with Crippen LogP contribution in [0, 0.1) is 0 Å². The zero-order chi connectivity index (χ0) is 11.0. The van der Waals surface area contributed by atoms with Crippen molar-refractivity contribution in [2.75, 3.05) is 0 Å². The van der Waals surface area contributed by atoms with Crippen molar-refractivity contribution in [3.63, 3.8) is 0 Å². The highest BCUT2D eigenvalue weighted by atomic mass is 16.3. The summed E-state index contributed by atoms with van der Waals surface area (Å²) < 4.78 is 5.50. The molecule has 2 heterocycles. The molecule has 0 spiro atoms. The van der Waals surface area contributed by atoms with Gasteiger partial charge in [-0.1, -0.05) is 12.1 Å². The summed E-state index contributed by atoms with van der Waals surface area (Å²) in [7, 11) is 0. The standard InChI is InChI=1S/C12H8N2O2/c15-11-8(4-3-7-13-11)12-14-9-5-1-2-6-10(9)16-12/h1-7H,(H,13,15). The van der Waals surface area contributed by atoms with Crippen LogP contribution in [0.4, 0.5) is 0 Å². The van der Waals surface area contributed by atoms with Gasteiger partial charge in [0.05, 0.1) is 0 Å². The van der Waals surface area contributed by atoms with E-state index in [0.717, 1.165) is 5.52 Å². The molecule has 0 bridgehead atoms. The number of aromatic amines is 1. The third kappa shape index (κ3) is 1.32. The Morgan fingerprint density at radius 3 is 2.81 bits per heavy atom. The van der Waals surface area contributed by atoms with Crippen LogP contribution in [-0.4, -0.2) is 9.97 Å². The first-order valence-electron chi connectivity index (χ1n) is 4.88. The zero-order valence-electron chi connectivity index (χ0n) is 8.31. The van der Waals surface area contributed by atoms with Gasteiger partial charge >= 0.3 is 0 Å². The minimum atomic E-state index is -0.200. The Morgan fingerprint density at radius 2 is 2.00 bits per heavy atom. The zero-order valence-corrected chi connectivity index (χ0v) is 8.31. The average molecular weight is 212 g/mol. The summed E-state index contributed by atoms with van der Waals surface area (Å²) in [6, 6.07) is 10.8. The lowest BCUT2D eigenvalue weighted by atomic mass is 10.3. The Morgan fingerprint density at radius 1 is 1.12 bits per heavy atom. The number of rotatable bonds is 1. The molecule has 0 aliphatic heterocycles. The van der Waals surface area contributed by atoms with Crippen molar-refractivity contribution in [2.24, 2.45) is 0 Å². The van der Waals surface area contributed by atoms with E-state index >= 15 is 0 Å². The maximum atomic E-state index is 11.5. The Kier molecular flexibility index (Phi) is 1.86. The second-order valence-corrected chi connectivity index (χ2v) is 3.40. The van der Waals surface area contributed by atoms with E-state index in [0.29, 0.717) is 17.0 Å². The molecule has 0 amide bonds. The Bertz CT molecular complexity index is 664. The first-order chi connectivity index (χ1) is 7.84. The third-order valence-corrected chi connectivity index (χ3v) is 2.34. The van der Waals surface area contributed by atoms with E-state index in [2.05, 4.69) is 9.97 Å². The summed E-state index contributed by atoms with van der Waals surface area (Å²) in [4.78, 5) is 18.4. The largest absolute Gasteiger partial charge is 0.436 e. The molecule has 3 aromatic rings. The molecule has 0 saturated carbocycles. The predicted octanol–water partition coefficient (Wildman–Crippen LogP) is 2.18. The summed E-state index contributed by atoms with van der Waals surface area (Å²) in [5.41, 5.74) is 1.68. The monoisotopic (exact) mass is 212 g/mol. The van der Waals surface area contributed by atoms with Gasteiger partial charge in [0.2, 0.25) is 5.89 Å². The number of benzene rings is 1. The number of nitrogens with one attached hydrogen (secondary N) is 1. The molecule has 4 nitrogen and oxygen atoms in total. The number of nitrogens with zero attached hydrogens (tertiary/aromatic N) is 1. The van der Waals surface area contributed by atoms with Gasteiger partial charge in [0.25, 0.3) is 5.56 Å². The molecule has 0 radical (unpaired) electrons. The molecular formula is C12H8N2O2. The summed E-state index contributed by atoms with van der Waals surface area (Å²) in [5.74, 6) is 0.350. The van der Waals surface area contributed by atoms with Crippen LogP contribution < -0.4 is 5.56 Å². The van der Waals surface area contributed by atoms with Gasteiger partial charge in [-0.15, -0.1) is 0 Å². The Balaban J connectivity index is 2.27. The van der Waals surface area contributed by atoms with Gasteiger partial charge in [-0.25, -0.2) is 4.98 Å². The van der Waals surface area contributed by atoms with Crippen molar-refractivity contribution in [1.82, 2.24) is 9.97 Å². The summed E-state index contributed by atoms with van der Waals surface area (Å²) in [5, 5.41) is 0. The van der Waals surface area contributed by atoms with E-state index in [9.17, 15) is 4.79 Å². The maximum Gasteiger partial charge on any atom is 0.260 e. The SMILES string of the molecule is O=c1[nH]cccc1-c1nc2ccccc2o1. The van der Waals surface area contributed by atoms with Crippen molar-refractivity contribution in [2.45, 2.75) is 0 Å². The van der Waals surface area contributed by atoms with Crippen molar-refractivity contribution in [3.05, 3.63) is 52.9 Å². The van der Waals surface area contributed by atoms with E-state index in [1.165, 1.54) is 0 Å². The van der Waals surface area contributed by atoms with E-state index < -0.39 is 0 Å². The van der Waals surface area contributed by atoms with E-state index in [1.807, 2.05) is 24.3 Å². The number of aromatic nitrogens is 2. The van der Waals surface area contributed by atoms with Crippen LogP contribution in [-0.2, 0) is 0 Å². The number of para-hydroxylation sites is 2. The lowest BCUT2D eigenvalue weighted by Crippen LogP contribution is -2.06. The maximum absolute atomic E-state index is 11.5. The van der Waals surface area contributed by atoms with Crippen LogP contribution in [0.15, 0.2) is 51.8 Å². The van der Waals surface area contributed by atoms with Gasteiger partial charge < -0.3 is 9.40 Å². The molecule has 0 saturated heterocycles. The minimum Gasteiger partial charge on any atom is -0.436 e. The second kappa shape index (κ2) is 3.34. The lowest BCUT2D eigenvalue weighted by Gasteiger charge is -1.91. The molecule has 0 atom stereocenters. The fourth-order valence-corrected chi connectivity index (χ4v) is 1.58. The number of hydrogen-bond donors (Lipinski definition) is 1. The van der Waals surface area contributed by atoms with Gasteiger partial charge in [-0.2, -0.15) is 0 Å². The molecule has 78 valence electrons. The number of pyridine rings is 1. The van der Waals surface area contributed by atoms with Crippen LogP contribution in [0.3, 0.4) is 0 Å². The van der Waals surface area contributed by atoms with Crippen molar-refractivity contribution >= 4 is 11.1 Å². The van der Waals surface area contributed by atoms with Gasteiger partial charge in [0.15, 0.2) is 5.58 Å². The number of hydrogen-bond acceptors (Lipinski definition) is 3. The molecule has 0 aliphatic rings. The molecule has 2 aromatic heterocycles. The highest BCUT2D eigenvalue weighted by molar-refractivity contribution is 5.75. The molecule has 16 heavy (non-hydrogen) atoms. The fourth-order valence-electron chi connectivity index (χ4n) is 1.58. The first kappa shape index (κ1) is 8.91. The van der Waals surface area contributed by atoms with Crippen LogP contribution in [0.2, 0.25) is 0 Å². The predicted molar refractivity (Wildman–Crippen MR) is 60.1 cm³/mol. The van der Waals surface area contributed by atoms with Crippen LogP contribution in [0.1, 0.15) is 0 Å². The number of H-pyrrole nitrogens is 1. The van der Waals surface area contributed by atoms with Crippen molar-refractivity contribution in [3.8, 4) is 11.5 Å². The first-order valence-corrected chi connectivity index (χ1v) is 4.88. The fraction of sp³-hybridized carbons (Fsp3) is 0. The molecule has 1 N–H and O–H groups in total. The molecule has 0 aliphatic carbocycles. The van der Waals surface area contributed by atoms with E-state index in [1.54, 1.807) is 18.3 Å². The van der Waals surface area contributed by atoms with Crippen LogP contribution in [0.5, 0.6) is 0 Å². The second-order valence-electron chi connectivity index (χ2n) is 3.40. The van der Waals surface area contributed by atoms with Crippen molar-refractivity contribution < 1.29 is 4.42 Å². The summed E-state index contributed by atoms with van der Waals surface area (Å²) in [6.07, 6.45) is 1.58. The summed E-state index contributed by atoms with van der Waals surface area (Å²) >= 11 is 0. The van der Waals surface area contributed by atoms with E-state index in [4.69, 9.17) is 4.42 Å². The van der Waals surface area contributed by atoms with Crippen molar-refractivity contribution in [1.29, 1.82) is 0 Å². The molecule has 1 aromatic carbocycles. The molecular weight excluding hydrogens is 204 g/mol. The van der Waals surface area contributed by atoms with Crippen LogP contribution >= 0.6 is 0 Å². The molecule has 0 unspecified atom stereocenters. The Hall–Kier alpha value is -2.36. The highest BCUT2D eigenvalue weighted by Gasteiger charge is 2.09. The molecule has 0 fully saturated rings. The Labute approximate surface area is 90.6 Å². The smallest absolute Gasteiger partial charge is 0.260 e. The van der Waals surface area contributed by atoms with Gasteiger partial charge in [-0.3, -0.25) is 4.79 Å². The molecule has 4 heteroatoms. The highest BCUT2D eigenvalue weighted by Crippen LogP contribution is 2.20.